The third kappa shape index (κ3) is 2.58. The van der Waals surface area contributed by atoms with Crippen LogP contribution < -0.4 is 10.1 Å². The van der Waals surface area contributed by atoms with Crippen molar-refractivity contribution in [2.45, 2.75) is 12.6 Å². The first kappa shape index (κ1) is 13.1. The van der Waals surface area contributed by atoms with Gasteiger partial charge in [0.25, 0.3) is 0 Å². The molecule has 98 valence electrons. The van der Waals surface area contributed by atoms with Gasteiger partial charge in [0.05, 0.1) is 12.0 Å². The van der Waals surface area contributed by atoms with Crippen LogP contribution in [0.1, 0.15) is 22.4 Å². The molecule has 0 fully saturated rings. The lowest BCUT2D eigenvalue weighted by molar-refractivity contribution is 0.162. The molecule has 0 aliphatic heterocycles. The van der Waals surface area contributed by atoms with Crippen molar-refractivity contribution in [2.24, 2.45) is 0 Å². The Morgan fingerprint density at radius 1 is 1.33 bits per heavy atom. The first-order valence-electron chi connectivity index (χ1n) is 5.66. The van der Waals surface area contributed by atoms with Gasteiger partial charge in [0.2, 0.25) is 0 Å². The van der Waals surface area contributed by atoms with Gasteiger partial charge < -0.3 is 19.2 Å². The summed E-state index contributed by atoms with van der Waals surface area (Å²) in [5.41, 5.74) is 0. The maximum Gasteiger partial charge on any atom is 0.134 e. The Kier molecular flexibility index (Phi) is 4.41. The van der Waals surface area contributed by atoms with Crippen LogP contribution in [0.3, 0.4) is 0 Å². The van der Waals surface area contributed by atoms with Crippen LogP contribution in [0.4, 0.5) is 0 Å². The summed E-state index contributed by atoms with van der Waals surface area (Å²) < 4.78 is 16.2. The average molecular weight is 267 g/mol. The van der Waals surface area contributed by atoms with Crippen molar-refractivity contribution >= 4 is 11.3 Å². The van der Waals surface area contributed by atoms with Gasteiger partial charge in [-0.05, 0) is 30.6 Å². The Bertz CT molecular complexity index is 492. The van der Waals surface area contributed by atoms with E-state index in [0.717, 1.165) is 22.1 Å². The lowest BCUT2D eigenvalue weighted by atomic mass is 10.2. The fraction of sp³-hybridized carbons (Fsp3) is 0.385. The number of hydrogen-bond acceptors (Lipinski definition) is 5. The summed E-state index contributed by atoms with van der Waals surface area (Å²) in [6.07, 6.45) is 0. The van der Waals surface area contributed by atoms with E-state index >= 15 is 0 Å². The number of methoxy groups -OCH3 is 2. The Labute approximate surface area is 111 Å². The van der Waals surface area contributed by atoms with E-state index < -0.39 is 0 Å². The highest BCUT2D eigenvalue weighted by molar-refractivity contribution is 7.10. The van der Waals surface area contributed by atoms with Crippen molar-refractivity contribution in [3.63, 3.8) is 0 Å². The Hall–Kier alpha value is -1.30. The first-order chi connectivity index (χ1) is 8.80. The predicted octanol–water partition coefficient (Wildman–Crippen LogP) is 2.80. The number of thiophene rings is 1. The zero-order chi connectivity index (χ0) is 13.0. The fourth-order valence-electron chi connectivity index (χ4n) is 1.86. The molecule has 2 aromatic rings. The van der Waals surface area contributed by atoms with Gasteiger partial charge in [-0.1, -0.05) is 0 Å². The standard InChI is InChI=1S/C13H17NO3S/c1-14-12(13-11(16-3)6-7-18-13)10-5-4-9(17-10)8-15-2/h4-7,12,14H,8H2,1-3H3. The quantitative estimate of drug-likeness (QED) is 0.874. The third-order valence-electron chi connectivity index (χ3n) is 2.68. The molecule has 0 aliphatic carbocycles. The van der Waals surface area contributed by atoms with Crippen molar-refractivity contribution in [2.75, 3.05) is 21.3 Å². The van der Waals surface area contributed by atoms with Gasteiger partial charge in [0.15, 0.2) is 0 Å². The summed E-state index contributed by atoms with van der Waals surface area (Å²) in [7, 11) is 5.24. The smallest absolute Gasteiger partial charge is 0.134 e. The minimum absolute atomic E-state index is 0.00514. The van der Waals surface area contributed by atoms with Crippen LogP contribution >= 0.6 is 11.3 Å². The molecule has 2 rings (SSSR count). The zero-order valence-electron chi connectivity index (χ0n) is 10.7. The van der Waals surface area contributed by atoms with Crippen LogP contribution in [-0.2, 0) is 11.3 Å². The topological polar surface area (TPSA) is 43.6 Å². The van der Waals surface area contributed by atoms with Crippen LogP contribution in [0.5, 0.6) is 5.75 Å². The maximum absolute atomic E-state index is 5.76. The fourth-order valence-corrected chi connectivity index (χ4v) is 2.84. The van der Waals surface area contributed by atoms with Crippen LogP contribution in [0.25, 0.3) is 0 Å². The second-order valence-corrected chi connectivity index (χ2v) is 4.76. The van der Waals surface area contributed by atoms with Crippen LogP contribution in [-0.4, -0.2) is 21.3 Å². The molecule has 0 amide bonds. The van der Waals surface area contributed by atoms with Gasteiger partial charge >= 0.3 is 0 Å². The summed E-state index contributed by atoms with van der Waals surface area (Å²) in [4.78, 5) is 1.11. The molecule has 1 unspecified atom stereocenters. The number of furan rings is 1. The molecule has 0 saturated heterocycles. The summed E-state index contributed by atoms with van der Waals surface area (Å²) in [6, 6.07) is 5.87. The molecule has 0 spiro atoms. The highest BCUT2D eigenvalue weighted by Gasteiger charge is 2.21. The Morgan fingerprint density at radius 3 is 2.83 bits per heavy atom. The Balaban J connectivity index is 2.27. The highest BCUT2D eigenvalue weighted by atomic mass is 32.1. The van der Waals surface area contributed by atoms with Gasteiger partial charge in [0.1, 0.15) is 29.9 Å². The minimum atomic E-state index is 0.00514. The molecular weight excluding hydrogens is 250 g/mol. The molecule has 1 atom stereocenters. The molecule has 0 bridgehead atoms. The average Bonchev–Trinajstić information content (AvgIpc) is 3.00. The van der Waals surface area contributed by atoms with Crippen LogP contribution in [0.15, 0.2) is 28.0 Å². The van der Waals surface area contributed by atoms with Crippen LogP contribution in [0.2, 0.25) is 0 Å². The molecule has 1 N–H and O–H groups in total. The normalized spacial score (nSPS) is 12.6. The van der Waals surface area contributed by atoms with E-state index in [1.54, 1.807) is 25.6 Å². The van der Waals surface area contributed by atoms with E-state index in [9.17, 15) is 0 Å². The van der Waals surface area contributed by atoms with Gasteiger partial charge in [-0.2, -0.15) is 0 Å². The van der Waals surface area contributed by atoms with Crippen molar-refractivity contribution < 1.29 is 13.9 Å². The third-order valence-corrected chi connectivity index (χ3v) is 3.64. The predicted molar refractivity (Wildman–Crippen MR) is 71.2 cm³/mol. The molecule has 0 aliphatic rings. The van der Waals surface area contributed by atoms with Gasteiger partial charge in [-0.25, -0.2) is 0 Å². The molecule has 5 heteroatoms. The molecule has 2 heterocycles. The number of ether oxygens (including phenoxy) is 2. The van der Waals surface area contributed by atoms with Crippen molar-refractivity contribution in [3.8, 4) is 5.75 Å². The van der Waals surface area contributed by atoms with Gasteiger partial charge in [-0.15, -0.1) is 11.3 Å². The second kappa shape index (κ2) is 6.04. The van der Waals surface area contributed by atoms with E-state index in [4.69, 9.17) is 13.9 Å². The number of nitrogens with one attached hydrogen (secondary N) is 1. The molecular formula is C13H17NO3S. The molecule has 0 radical (unpaired) electrons. The van der Waals surface area contributed by atoms with E-state index in [2.05, 4.69) is 5.32 Å². The van der Waals surface area contributed by atoms with Crippen molar-refractivity contribution in [1.82, 2.24) is 5.32 Å². The number of hydrogen-bond donors (Lipinski definition) is 1. The molecule has 0 saturated carbocycles. The summed E-state index contributed by atoms with van der Waals surface area (Å²) in [5, 5.41) is 5.26. The SMILES string of the molecule is CNC(c1ccc(COC)o1)c1sccc1OC. The first-order valence-corrected chi connectivity index (χ1v) is 6.54. The monoisotopic (exact) mass is 267 g/mol. The minimum Gasteiger partial charge on any atom is -0.496 e. The summed E-state index contributed by atoms with van der Waals surface area (Å²) in [6.45, 7) is 0.484. The molecule has 0 aromatic carbocycles. The highest BCUT2D eigenvalue weighted by Crippen LogP contribution is 2.35. The lowest BCUT2D eigenvalue weighted by Gasteiger charge is -2.13. The Morgan fingerprint density at radius 2 is 2.17 bits per heavy atom. The zero-order valence-corrected chi connectivity index (χ0v) is 11.5. The number of rotatable bonds is 6. The van der Waals surface area contributed by atoms with E-state index in [-0.39, 0.29) is 6.04 Å². The van der Waals surface area contributed by atoms with Gasteiger partial charge in [0, 0.05) is 7.11 Å². The van der Waals surface area contributed by atoms with Gasteiger partial charge in [-0.3, -0.25) is 0 Å². The van der Waals surface area contributed by atoms with Crippen LogP contribution in [0, 0.1) is 0 Å². The van der Waals surface area contributed by atoms with Crippen molar-refractivity contribution in [1.29, 1.82) is 0 Å². The summed E-state index contributed by atoms with van der Waals surface area (Å²) >= 11 is 1.65. The van der Waals surface area contributed by atoms with Crippen molar-refractivity contribution in [3.05, 3.63) is 40.0 Å². The molecule has 2 aromatic heterocycles. The molecule has 18 heavy (non-hydrogen) atoms. The van der Waals surface area contributed by atoms with E-state index in [1.165, 1.54) is 0 Å². The lowest BCUT2D eigenvalue weighted by Crippen LogP contribution is -2.16. The largest absolute Gasteiger partial charge is 0.496 e. The molecule has 4 nitrogen and oxygen atoms in total. The maximum atomic E-state index is 5.76. The van der Waals surface area contributed by atoms with E-state index in [0.29, 0.717) is 6.61 Å². The second-order valence-electron chi connectivity index (χ2n) is 3.81. The summed E-state index contributed by atoms with van der Waals surface area (Å²) in [5.74, 6) is 2.57. The van der Waals surface area contributed by atoms with E-state index in [1.807, 2.05) is 30.6 Å².